The zero-order chi connectivity index (χ0) is 13.9. The summed E-state index contributed by atoms with van der Waals surface area (Å²) in [5.74, 6) is -3.16. The Hall–Kier alpha value is -1.15. The van der Waals surface area contributed by atoms with Crippen LogP contribution in [0.25, 0.3) is 0 Å². The van der Waals surface area contributed by atoms with Gasteiger partial charge in [0.1, 0.15) is 6.04 Å². The lowest BCUT2D eigenvalue weighted by molar-refractivity contribution is -0.145. The normalized spacial score (nSPS) is 14.3. The van der Waals surface area contributed by atoms with Crippen molar-refractivity contribution in [3.63, 3.8) is 0 Å². The van der Waals surface area contributed by atoms with Crippen molar-refractivity contribution in [3.05, 3.63) is 0 Å². The summed E-state index contributed by atoms with van der Waals surface area (Å²) in [6, 6.07) is -1.64. The van der Waals surface area contributed by atoms with E-state index in [0.717, 1.165) is 0 Å². The molecule has 0 rings (SSSR count). The van der Waals surface area contributed by atoms with Crippen LogP contribution in [0.15, 0.2) is 0 Å². The molecule has 0 spiro atoms. The van der Waals surface area contributed by atoms with Crippen LogP contribution in [0.3, 0.4) is 0 Å². The lowest BCUT2D eigenvalue weighted by atomic mass is 10.0. The van der Waals surface area contributed by atoms with Gasteiger partial charge in [-0.3, -0.25) is 9.59 Å². The minimum atomic E-state index is -3.82. The summed E-state index contributed by atoms with van der Waals surface area (Å²) in [6.07, 6.45) is -0.793. The molecule has 1 atom stereocenters. The van der Waals surface area contributed by atoms with Gasteiger partial charge in [0.25, 0.3) is 0 Å². The first-order valence-corrected chi connectivity index (χ1v) is 6.53. The van der Waals surface area contributed by atoms with Crippen molar-refractivity contribution in [3.8, 4) is 0 Å². The molecule has 3 N–H and O–H groups in total. The molecular weight excluding hydrogens is 250 g/mol. The van der Waals surface area contributed by atoms with Crippen molar-refractivity contribution < 1.29 is 28.2 Å². The molecule has 0 aliphatic carbocycles. The number of hydrogen-bond donors (Lipinski definition) is 3. The number of rotatable bonds is 6. The van der Waals surface area contributed by atoms with Crippen LogP contribution >= 0.6 is 0 Å². The third-order valence-corrected chi connectivity index (χ3v) is 3.51. The molecule has 0 aromatic heterocycles. The lowest BCUT2D eigenvalue weighted by Crippen LogP contribution is -2.44. The lowest BCUT2D eigenvalue weighted by Gasteiger charge is -2.20. The van der Waals surface area contributed by atoms with Crippen molar-refractivity contribution in [1.29, 1.82) is 0 Å². The first-order valence-electron chi connectivity index (χ1n) is 4.87. The number of hydrogen-bond acceptors (Lipinski definition) is 4. The number of carboxylic acid groups (broad SMARTS) is 2. The number of carboxylic acids is 2. The Morgan fingerprint density at radius 2 is 1.71 bits per heavy atom. The first-order chi connectivity index (χ1) is 7.43. The van der Waals surface area contributed by atoms with Gasteiger partial charge in [0.05, 0.1) is 12.2 Å². The predicted molar refractivity (Wildman–Crippen MR) is 60.1 cm³/mol. The van der Waals surface area contributed by atoms with Gasteiger partial charge in [0.15, 0.2) is 0 Å². The molecule has 0 fully saturated rings. The van der Waals surface area contributed by atoms with Crippen molar-refractivity contribution >= 4 is 22.0 Å². The maximum atomic E-state index is 11.6. The number of carbonyl (C=O) groups is 2. The average molecular weight is 267 g/mol. The maximum absolute atomic E-state index is 11.6. The van der Waals surface area contributed by atoms with E-state index in [9.17, 15) is 18.0 Å². The Kier molecular flexibility index (Phi) is 5.09. The third kappa shape index (κ3) is 7.70. The molecule has 7 nitrogen and oxygen atoms in total. The van der Waals surface area contributed by atoms with Crippen LogP contribution in [0.2, 0.25) is 0 Å². The average Bonchev–Trinajstić information content (AvgIpc) is 1.95. The van der Waals surface area contributed by atoms with Gasteiger partial charge in [0, 0.05) is 0 Å². The van der Waals surface area contributed by atoms with Gasteiger partial charge in [-0.1, -0.05) is 20.8 Å². The molecule has 0 radical (unpaired) electrons. The standard InChI is InChI=1S/C9H17NO6S/c1-9(2,3)5-17(15,16)10-6(8(13)14)4-7(11)12/h6,10H,4-5H2,1-3H3,(H,11,12)(H,13,14). The highest BCUT2D eigenvalue weighted by atomic mass is 32.2. The Morgan fingerprint density at radius 3 is 2.00 bits per heavy atom. The van der Waals surface area contributed by atoms with Crippen molar-refractivity contribution in [2.24, 2.45) is 5.41 Å². The monoisotopic (exact) mass is 267 g/mol. The topological polar surface area (TPSA) is 121 Å². The van der Waals surface area contributed by atoms with E-state index in [1.165, 1.54) is 0 Å². The molecule has 0 aromatic rings. The Balaban J connectivity index is 4.76. The summed E-state index contributed by atoms with van der Waals surface area (Å²) in [5, 5.41) is 17.2. The van der Waals surface area contributed by atoms with Crippen LogP contribution in [-0.4, -0.2) is 42.4 Å². The fourth-order valence-corrected chi connectivity index (χ4v) is 3.02. The van der Waals surface area contributed by atoms with Gasteiger partial charge in [-0.05, 0) is 5.41 Å². The maximum Gasteiger partial charge on any atom is 0.322 e. The van der Waals surface area contributed by atoms with Gasteiger partial charge >= 0.3 is 11.9 Å². The first kappa shape index (κ1) is 15.9. The van der Waals surface area contributed by atoms with Gasteiger partial charge in [-0.2, -0.15) is 0 Å². The highest BCUT2D eigenvalue weighted by Gasteiger charge is 2.29. The molecule has 0 aromatic carbocycles. The molecule has 0 aliphatic rings. The minimum absolute atomic E-state index is 0.274. The fourth-order valence-electron chi connectivity index (χ4n) is 1.18. The third-order valence-electron chi connectivity index (χ3n) is 1.62. The van der Waals surface area contributed by atoms with E-state index in [2.05, 4.69) is 0 Å². The number of aliphatic carboxylic acids is 2. The van der Waals surface area contributed by atoms with Gasteiger partial charge in [-0.25, -0.2) is 13.1 Å². The summed E-state index contributed by atoms with van der Waals surface area (Å²) in [6.45, 7) is 5.04. The van der Waals surface area contributed by atoms with Crippen LogP contribution in [-0.2, 0) is 19.6 Å². The largest absolute Gasteiger partial charge is 0.481 e. The Morgan fingerprint density at radius 1 is 1.24 bits per heavy atom. The molecule has 0 bridgehead atoms. The molecule has 8 heteroatoms. The second-order valence-electron chi connectivity index (χ2n) is 4.93. The molecule has 17 heavy (non-hydrogen) atoms. The van der Waals surface area contributed by atoms with E-state index >= 15 is 0 Å². The molecule has 0 amide bonds. The smallest absolute Gasteiger partial charge is 0.322 e. The molecule has 0 saturated heterocycles. The summed E-state index contributed by atoms with van der Waals surface area (Å²) < 4.78 is 25.0. The second kappa shape index (κ2) is 5.46. The highest BCUT2D eigenvalue weighted by molar-refractivity contribution is 7.89. The minimum Gasteiger partial charge on any atom is -0.481 e. The Labute approximate surface area is 99.9 Å². The van der Waals surface area contributed by atoms with Gasteiger partial charge < -0.3 is 10.2 Å². The van der Waals surface area contributed by atoms with E-state index in [1.54, 1.807) is 20.8 Å². The summed E-state index contributed by atoms with van der Waals surface area (Å²) in [5.41, 5.74) is -0.544. The predicted octanol–water partition coefficient (Wildman–Crippen LogP) is -0.120. The molecule has 0 heterocycles. The van der Waals surface area contributed by atoms with Crippen LogP contribution in [0, 0.1) is 5.41 Å². The summed E-state index contributed by atoms with van der Waals surface area (Å²) in [4.78, 5) is 21.1. The fraction of sp³-hybridized carbons (Fsp3) is 0.778. The zero-order valence-corrected chi connectivity index (χ0v) is 10.7. The second-order valence-corrected chi connectivity index (χ2v) is 6.68. The van der Waals surface area contributed by atoms with E-state index < -0.39 is 39.8 Å². The van der Waals surface area contributed by atoms with Crippen LogP contribution in [0.4, 0.5) is 0 Å². The molecule has 0 aliphatic heterocycles. The molecule has 1 unspecified atom stereocenters. The summed E-state index contributed by atoms with van der Waals surface area (Å²) in [7, 11) is -3.82. The van der Waals surface area contributed by atoms with E-state index in [4.69, 9.17) is 10.2 Å². The van der Waals surface area contributed by atoms with Crippen LogP contribution < -0.4 is 4.72 Å². The highest BCUT2D eigenvalue weighted by Crippen LogP contribution is 2.15. The molecular formula is C9H17NO6S. The Bertz CT molecular complexity index is 394. The summed E-state index contributed by atoms with van der Waals surface area (Å²) >= 11 is 0. The number of sulfonamides is 1. The molecule has 0 saturated carbocycles. The van der Waals surface area contributed by atoms with Crippen molar-refractivity contribution in [2.75, 3.05) is 5.75 Å². The SMILES string of the molecule is CC(C)(C)CS(=O)(=O)NC(CC(=O)O)C(=O)O. The van der Waals surface area contributed by atoms with Gasteiger partial charge in [0.2, 0.25) is 10.0 Å². The molecule has 100 valence electrons. The zero-order valence-electron chi connectivity index (χ0n) is 9.93. The van der Waals surface area contributed by atoms with Crippen LogP contribution in [0.1, 0.15) is 27.2 Å². The quantitative estimate of drug-likeness (QED) is 0.617. The number of nitrogens with one attached hydrogen (secondary N) is 1. The van der Waals surface area contributed by atoms with E-state index in [1.807, 2.05) is 4.72 Å². The van der Waals surface area contributed by atoms with Gasteiger partial charge in [-0.15, -0.1) is 0 Å². The van der Waals surface area contributed by atoms with E-state index in [-0.39, 0.29) is 5.75 Å². The van der Waals surface area contributed by atoms with E-state index in [0.29, 0.717) is 0 Å². The van der Waals surface area contributed by atoms with Crippen molar-refractivity contribution in [2.45, 2.75) is 33.2 Å². The van der Waals surface area contributed by atoms with Crippen LogP contribution in [0.5, 0.6) is 0 Å². The van der Waals surface area contributed by atoms with Crippen molar-refractivity contribution in [1.82, 2.24) is 4.72 Å².